The number of nitrogens with one attached hydrogen (secondary N) is 1. The number of ether oxygens (including phenoxy) is 1. The van der Waals surface area contributed by atoms with E-state index in [9.17, 15) is 4.79 Å². The monoisotopic (exact) mass is 393 g/mol. The van der Waals surface area contributed by atoms with E-state index in [0.717, 1.165) is 16.1 Å². The number of carbonyl (C=O) groups is 1. The van der Waals surface area contributed by atoms with Crippen molar-refractivity contribution in [3.8, 4) is 16.3 Å². The molecule has 1 amide bonds. The van der Waals surface area contributed by atoms with Gasteiger partial charge in [0.1, 0.15) is 10.8 Å². The second-order valence-corrected chi connectivity index (χ2v) is 6.96. The van der Waals surface area contributed by atoms with Gasteiger partial charge in [-0.1, -0.05) is 58.8 Å². The van der Waals surface area contributed by atoms with Gasteiger partial charge in [0.25, 0.3) is 5.91 Å². The summed E-state index contributed by atoms with van der Waals surface area (Å²) in [7, 11) is 0. The number of hydrogen-bond acceptors (Lipinski definition) is 5. The maximum Gasteiger partial charge on any atom is 0.264 e. The van der Waals surface area contributed by atoms with Crippen LogP contribution in [-0.4, -0.2) is 22.7 Å². The Morgan fingerprint density at radius 3 is 2.76 bits per heavy atom. The largest absolute Gasteiger partial charge is 0.482 e. The van der Waals surface area contributed by atoms with E-state index in [1.165, 1.54) is 11.3 Å². The molecular formula is C17H13Cl2N3O2S. The quantitative estimate of drug-likeness (QED) is 0.673. The first kappa shape index (κ1) is 17.7. The number of hydrogen-bond donors (Lipinski definition) is 1. The van der Waals surface area contributed by atoms with Crippen molar-refractivity contribution in [3.05, 3.63) is 58.1 Å². The minimum absolute atomic E-state index is 0.194. The molecule has 0 saturated heterocycles. The van der Waals surface area contributed by atoms with E-state index >= 15 is 0 Å². The molecule has 0 atom stereocenters. The SMILES string of the molecule is Cc1ccccc1-c1nnc(NC(=O)COc2ccc(Cl)cc2Cl)s1. The summed E-state index contributed by atoms with van der Waals surface area (Å²) in [5.74, 6) is 0.0394. The summed E-state index contributed by atoms with van der Waals surface area (Å²) < 4.78 is 5.39. The fraction of sp³-hybridized carbons (Fsp3) is 0.118. The van der Waals surface area contributed by atoms with Gasteiger partial charge in [0.2, 0.25) is 5.13 Å². The zero-order chi connectivity index (χ0) is 17.8. The molecule has 8 heteroatoms. The Morgan fingerprint density at radius 1 is 1.20 bits per heavy atom. The van der Waals surface area contributed by atoms with Crippen LogP contribution in [0.5, 0.6) is 5.75 Å². The smallest absolute Gasteiger partial charge is 0.264 e. The maximum atomic E-state index is 12.0. The molecule has 0 aliphatic heterocycles. The van der Waals surface area contributed by atoms with E-state index in [-0.39, 0.29) is 12.5 Å². The van der Waals surface area contributed by atoms with Crippen molar-refractivity contribution in [2.45, 2.75) is 6.92 Å². The number of amides is 1. The van der Waals surface area contributed by atoms with Crippen molar-refractivity contribution in [1.29, 1.82) is 0 Å². The molecule has 0 spiro atoms. The van der Waals surface area contributed by atoms with Crippen LogP contribution in [0.2, 0.25) is 10.0 Å². The van der Waals surface area contributed by atoms with Gasteiger partial charge in [-0.3, -0.25) is 10.1 Å². The van der Waals surface area contributed by atoms with Gasteiger partial charge in [-0.15, -0.1) is 10.2 Å². The van der Waals surface area contributed by atoms with Gasteiger partial charge in [-0.2, -0.15) is 0 Å². The zero-order valence-corrected chi connectivity index (χ0v) is 15.5. The van der Waals surface area contributed by atoms with Gasteiger partial charge >= 0.3 is 0 Å². The van der Waals surface area contributed by atoms with Crippen LogP contribution in [0.15, 0.2) is 42.5 Å². The number of benzene rings is 2. The number of aromatic nitrogens is 2. The predicted molar refractivity (Wildman–Crippen MR) is 101 cm³/mol. The fourth-order valence-electron chi connectivity index (χ4n) is 2.09. The van der Waals surface area contributed by atoms with Crippen LogP contribution in [0.3, 0.4) is 0 Å². The Kier molecular flexibility index (Phi) is 5.53. The molecule has 0 fully saturated rings. The third kappa shape index (κ3) is 4.48. The Morgan fingerprint density at radius 2 is 2.00 bits per heavy atom. The number of halogens is 2. The first-order valence-electron chi connectivity index (χ1n) is 7.30. The van der Waals surface area contributed by atoms with E-state index in [4.69, 9.17) is 27.9 Å². The number of rotatable bonds is 5. The maximum absolute atomic E-state index is 12.0. The molecule has 0 saturated carbocycles. The molecule has 5 nitrogen and oxygen atoms in total. The summed E-state index contributed by atoms with van der Waals surface area (Å²) in [6, 6.07) is 12.7. The summed E-state index contributed by atoms with van der Waals surface area (Å²) in [6.07, 6.45) is 0. The third-order valence-electron chi connectivity index (χ3n) is 3.30. The molecule has 0 aliphatic rings. The Hall–Kier alpha value is -2.15. The van der Waals surface area contributed by atoms with Gasteiger partial charge < -0.3 is 4.74 Å². The zero-order valence-electron chi connectivity index (χ0n) is 13.1. The third-order valence-corrected chi connectivity index (χ3v) is 4.70. The predicted octanol–water partition coefficient (Wildman–Crippen LogP) is 4.84. The van der Waals surface area contributed by atoms with Crippen LogP contribution in [0.25, 0.3) is 10.6 Å². The summed E-state index contributed by atoms with van der Waals surface area (Å²) >= 11 is 13.1. The lowest BCUT2D eigenvalue weighted by Crippen LogP contribution is -2.20. The Labute approximate surface area is 158 Å². The minimum atomic E-state index is -0.349. The summed E-state index contributed by atoms with van der Waals surface area (Å²) in [5.41, 5.74) is 2.09. The molecule has 2 aromatic carbocycles. The highest BCUT2D eigenvalue weighted by Crippen LogP contribution is 2.29. The van der Waals surface area contributed by atoms with Crippen LogP contribution >= 0.6 is 34.5 Å². The van der Waals surface area contributed by atoms with E-state index in [1.54, 1.807) is 18.2 Å². The van der Waals surface area contributed by atoms with Crippen LogP contribution in [0, 0.1) is 6.92 Å². The first-order chi connectivity index (χ1) is 12.0. The summed E-state index contributed by atoms with van der Waals surface area (Å²) in [4.78, 5) is 12.0. The van der Waals surface area contributed by atoms with Crippen LogP contribution in [0.1, 0.15) is 5.56 Å². The van der Waals surface area contributed by atoms with E-state index in [1.807, 2.05) is 31.2 Å². The highest BCUT2D eigenvalue weighted by molar-refractivity contribution is 7.18. The Bertz CT molecular complexity index is 914. The summed E-state index contributed by atoms with van der Waals surface area (Å²) in [6.45, 7) is 1.80. The number of anilines is 1. The van der Waals surface area contributed by atoms with Crippen molar-refractivity contribution < 1.29 is 9.53 Å². The molecule has 0 aliphatic carbocycles. The van der Waals surface area contributed by atoms with Crippen molar-refractivity contribution in [2.24, 2.45) is 0 Å². The van der Waals surface area contributed by atoms with Gasteiger partial charge in [0.05, 0.1) is 5.02 Å². The average Bonchev–Trinajstić information content (AvgIpc) is 3.02. The number of carbonyl (C=O) groups excluding carboxylic acids is 1. The molecule has 128 valence electrons. The van der Waals surface area contributed by atoms with Crippen LogP contribution in [-0.2, 0) is 4.79 Å². The fourth-order valence-corrected chi connectivity index (χ4v) is 3.40. The molecule has 1 heterocycles. The molecule has 0 unspecified atom stereocenters. The normalized spacial score (nSPS) is 10.5. The van der Waals surface area contributed by atoms with Crippen molar-refractivity contribution >= 4 is 45.6 Å². The standard InChI is InChI=1S/C17H13Cl2N3O2S/c1-10-4-2-3-5-12(10)16-21-22-17(25-16)20-15(23)9-24-14-7-6-11(18)8-13(14)19/h2-8H,9H2,1H3,(H,20,22,23). The van der Waals surface area contributed by atoms with Gasteiger partial charge in [0.15, 0.2) is 6.61 Å². The lowest BCUT2D eigenvalue weighted by molar-refractivity contribution is -0.118. The first-order valence-corrected chi connectivity index (χ1v) is 8.87. The number of aryl methyl sites for hydroxylation is 1. The number of nitrogens with zero attached hydrogens (tertiary/aromatic N) is 2. The highest BCUT2D eigenvalue weighted by atomic mass is 35.5. The second-order valence-electron chi connectivity index (χ2n) is 5.14. The van der Waals surface area contributed by atoms with Gasteiger partial charge in [0, 0.05) is 10.6 Å². The molecule has 1 N–H and O–H groups in total. The molecule has 25 heavy (non-hydrogen) atoms. The molecular weight excluding hydrogens is 381 g/mol. The molecule has 1 aromatic heterocycles. The minimum Gasteiger partial charge on any atom is -0.482 e. The molecule has 3 rings (SSSR count). The average molecular weight is 394 g/mol. The van der Waals surface area contributed by atoms with Crippen molar-refractivity contribution in [2.75, 3.05) is 11.9 Å². The van der Waals surface area contributed by atoms with Crippen LogP contribution < -0.4 is 10.1 Å². The van der Waals surface area contributed by atoms with Crippen molar-refractivity contribution in [3.63, 3.8) is 0 Å². The van der Waals surface area contributed by atoms with Crippen LogP contribution in [0.4, 0.5) is 5.13 Å². The van der Waals surface area contributed by atoms with E-state index in [2.05, 4.69) is 15.5 Å². The van der Waals surface area contributed by atoms with Crippen molar-refractivity contribution in [1.82, 2.24) is 10.2 Å². The Balaban J connectivity index is 1.61. The highest BCUT2D eigenvalue weighted by Gasteiger charge is 2.12. The molecule has 3 aromatic rings. The topological polar surface area (TPSA) is 64.1 Å². The summed E-state index contributed by atoms with van der Waals surface area (Å²) in [5, 5.41) is 12.8. The molecule has 0 radical (unpaired) electrons. The van der Waals surface area contributed by atoms with Gasteiger partial charge in [-0.25, -0.2) is 0 Å². The second kappa shape index (κ2) is 7.82. The molecule has 0 bridgehead atoms. The lowest BCUT2D eigenvalue weighted by Gasteiger charge is -2.07. The van der Waals surface area contributed by atoms with Gasteiger partial charge in [-0.05, 0) is 30.7 Å². The van der Waals surface area contributed by atoms with E-state index in [0.29, 0.717) is 20.9 Å². The lowest BCUT2D eigenvalue weighted by atomic mass is 10.1. The van der Waals surface area contributed by atoms with E-state index < -0.39 is 0 Å².